The summed E-state index contributed by atoms with van der Waals surface area (Å²) in [5.41, 5.74) is 4.16. The van der Waals surface area contributed by atoms with Gasteiger partial charge in [-0.25, -0.2) is 0 Å². The fraction of sp³-hybridized carbons (Fsp3) is 0.647. The lowest BCUT2D eigenvalue weighted by Gasteiger charge is -2.39. The van der Waals surface area contributed by atoms with Crippen LogP contribution in [0.3, 0.4) is 0 Å². The third-order valence-electron chi connectivity index (χ3n) is 4.43. The molecule has 0 fully saturated rings. The molecule has 2 nitrogen and oxygen atoms in total. The molecule has 2 heteroatoms. The molecule has 1 N–H and O–H groups in total. The topological polar surface area (TPSA) is 29.5 Å². The molecule has 0 spiro atoms. The highest BCUT2D eigenvalue weighted by molar-refractivity contribution is 5.58. The summed E-state index contributed by atoms with van der Waals surface area (Å²) in [6, 6.07) is 0. The standard InChI is InChI=1S/C17H26O2/c1-10(2)9-17(6)8-7-14-13(5)15(18)11(3)12(4)16(14)19-17/h10,18H,7-9H2,1-6H3. The third-order valence-corrected chi connectivity index (χ3v) is 4.43. The average molecular weight is 262 g/mol. The molecule has 19 heavy (non-hydrogen) atoms. The summed E-state index contributed by atoms with van der Waals surface area (Å²) in [5.74, 6) is 2.08. The van der Waals surface area contributed by atoms with Gasteiger partial charge in [-0.3, -0.25) is 0 Å². The molecule has 0 saturated carbocycles. The van der Waals surface area contributed by atoms with Gasteiger partial charge in [0, 0.05) is 5.56 Å². The summed E-state index contributed by atoms with van der Waals surface area (Å²) in [4.78, 5) is 0. The van der Waals surface area contributed by atoms with Crippen molar-refractivity contribution < 1.29 is 9.84 Å². The molecule has 2 rings (SSSR count). The molecule has 1 aliphatic rings. The van der Waals surface area contributed by atoms with Gasteiger partial charge in [0.25, 0.3) is 0 Å². The Morgan fingerprint density at radius 3 is 2.37 bits per heavy atom. The Hall–Kier alpha value is -1.18. The van der Waals surface area contributed by atoms with Crippen molar-refractivity contribution in [2.75, 3.05) is 0 Å². The number of phenols is 1. The number of fused-ring (bicyclic) bond motifs is 1. The van der Waals surface area contributed by atoms with E-state index in [1.807, 2.05) is 13.8 Å². The highest BCUT2D eigenvalue weighted by Gasteiger charge is 2.34. The number of hydrogen-bond acceptors (Lipinski definition) is 2. The SMILES string of the molecule is Cc1c(C)c2c(c(C)c1O)CCC(C)(CC(C)C)O2. The van der Waals surface area contributed by atoms with Gasteiger partial charge in [0.15, 0.2) is 0 Å². The molecular formula is C17H26O2. The van der Waals surface area contributed by atoms with Crippen LogP contribution in [0.1, 0.15) is 55.9 Å². The van der Waals surface area contributed by atoms with Gasteiger partial charge in [-0.05, 0) is 69.6 Å². The summed E-state index contributed by atoms with van der Waals surface area (Å²) in [7, 11) is 0. The third kappa shape index (κ3) is 2.45. The van der Waals surface area contributed by atoms with Crippen LogP contribution in [0.4, 0.5) is 0 Å². The Morgan fingerprint density at radius 2 is 1.79 bits per heavy atom. The van der Waals surface area contributed by atoms with E-state index in [0.717, 1.165) is 41.7 Å². The zero-order valence-electron chi connectivity index (χ0n) is 13.1. The van der Waals surface area contributed by atoms with E-state index in [4.69, 9.17) is 4.74 Å². The first-order chi connectivity index (χ1) is 8.75. The van der Waals surface area contributed by atoms with E-state index in [1.54, 1.807) is 0 Å². The maximum absolute atomic E-state index is 10.2. The van der Waals surface area contributed by atoms with Gasteiger partial charge in [-0.15, -0.1) is 0 Å². The van der Waals surface area contributed by atoms with Crippen LogP contribution in [0.5, 0.6) is 11.5 Å². The van der Waals surface area contributed by atoms with Gasteiger partial charge >= 0.3 is 0 Å². The molecule has 1 aromatic rings. The van der Waals surface area contributed by atoms with Crippen LogP contribution < -0.4 is 4.74 Å². The van der Waals surface area contributed by atoms with Gasteiger partial charge in [-0.1, -0.05) is 13.8 Å². The predicted molar refractivity (Wildman–Crippen MR) is 79.1 cm³/mol. The molecule has 106 valence electrons. The summed E-state index contributed by atoms with van der Waals surface area (Å²) in [6.45, 7) is 12.7. The number of aromatic hydroxyl groups is 1. The van der Waals surface area contributed by atoms with E-state index in [2.05, 4.69) is 27.7 Å². The van der Waals surface area contributed by atoms with E-state index in [0.29, 0.717) is 11.7 Å². The molecule has 1 atom stereocenters. The van der Waals surface area contributed by atoms with Crippen molar-refractivity contribution in [2.45, 2.75) is 66.4 Å². The van der Waals surface area contributed by atoms with Crippen LogP contribution in [0.15, 0.2) is 0 Å². The smallest absolute Gasteiger partial charge is 0.127 e. The molecule has 1 unspecified atom stereocenters. The van der Waals surface area contributed by atoms with Gasteiger partial charge in [-0.2, -0.15) is 0 Å². The fourth-order valence-electron chi connectivity index (χ4n) is 3.30. The summed E-state index contributed by atoms with van der Waals surface area (Å²) in [6.07, 6.45) is 3.10. The molecule has 1 heterocycles. The minimum absolute atomic E-state index is 0.0677. The number of rotatable bonds is 2. The second kappa shape index (κ2) is 4.73. The van der Waals surface area contributed by atoms with Gasteiger partial charge in [0.1, 0.15) is 17.1 Å². The van der Waals surface area contributed by atoms with Crippen molar-refractivity contribution in [3.63, 3.8) is 0 Å². The van der Waals surface area contributed by atoms with E-state index in [9.17, 15) is 5.11 Å². The first-order valence-corrected chi connectivity index (χ1v) is 7.26. The first kappa shape index (κ1) is 14.2. The van der Waals surface area contributed by atoms with Crippen LogP contribution in [0, 0.1) is 26.7 Å². The lowest BCUT2D eigenvalue weighted by Crippen LogP contribution is -2.38. The van der Waals surface area contributed by atoms with Crippen molar-refractivity contribution in [1.29, 1.82) is 0 Å². The van der Waals surface area contributed by atoms with Gasteiger partial charge in [0.05, 0.1) is 0 Å². The van der Waals surface area contributed by atoms with Crippen molar-refractivity contribution >= 4 is 0 Å². The van der Waals surface area contributed by atoms with Crippen LogP contribution in [0.25, 0.3) is 0 Å². The van der Waals surface area contributed by atoms with Crippen molar-refractivity contribution in [3.05, 3.63) is 22.3 Å². The maximum Gasteiger partial charge on any atom is 0.127 e. The van der Waals surface area contributed by atoms with E-state index in [-0.39, 0.29) is 5.60 Å². The molecule has 0 saturated heterocycles. The largest absolute Gasteiger partial charge is 0.507 e. The normalized spacial score (nSPS) is 22.3. The van der Waals surface area contributed by atoms with Crippen molar-refractivity contribution in [1.82, 2.24) is 0 Å². The molecule has 0 bridgehead atoms. The zero-order valence-corrected chi connectivity index (χ0v) is 13.1. The lowest BCUT2D eigenvalue weighted by atomic mass is 9.83. The molecule has 0 amide bonds. The molecular weight excluding hydrogens is 236 g/mol. The van der Waals surface area contributed by atoms with E-state index < -0.39 is 0 Å². The highest BCUT2D eigenvalue weighted by atomic mass is 16.5. The van der Waals surface area contributed by atoms with Gasteiger partial charge < -0.3 is 9.84 Å². The Morgan fingerprint density at radius 1 is 1.16 bits per heavy atom. The van der Waals surface area contributed by atoms with Crippen LogP contribution in [0.2, 0.25) is 0 Å². The predicted octanol–water partition coefficient (Wildman–Crippen LogP) is 4.45. The molecule has 0 aliphatic carbocycles. The molecule has 0 radical (unpaired) electrons. The highest BCUT2D eigenvalue weighted by Crippen LogP contribution is 2.44. The van der Waals surface area contributed by atoms with Crippen LogP contribution in [-0.4, -0.2) is 10.7 Å². The van der Waals surface area contributed by atoms with Crippen molar-refractivity contribution in [3.8, 4) is 11.5 Å². The Labute approximate surface area is 116 Å². The quantitative estimate of drug-likeness (QED) is 0.853. The van der Waals surface area contributed by atoms with E-state index >= 15 is 0 Å². The number of hydrogen-bond donors (Lipinski definition) is 1. The zero-order chi connectivity index (χ0) is 14.4. The second-order valence-electron chi connectivity index (χ2n) is 6.68. The Bertz CT molecular complexity index is 503. The summed E-state index contributed by atoms with van der Waals surface area (Å²) in [5, 5.41) is 10.2. The van der Waals surface area contributed by atoms with Crippen LogP contribution in [-0.2, 0) is 6.42 Å². The fourth-order valence-corrected chi connectivity index (χ4v) is 3.30. The maximum atomic E-state index is 10.2. The minimum Gasteiger partial charge on any atom is -0.507 e. The summed E-state index contributed by atoms with van der Waals surface area (Å²) >= 11 is 0. The second-order valence-corrected chi connectivity index (χ2v) is 6.68. The molecule has 0 aromatic heterocycles. The average Bonchev–Trinajstić information content (AvgIpc) is 2.32. The Balaban J connectivity index is 2.46. The lowest BCUT2D eigenvalue weighted by molar-refractivity contribution is 0.0428. The number of phenolic OH excluding ortho intramolecular Hbond substituents is 1. The first-order valence-electron chi connectivity index (χ1n) is 7.26. The van der Waals surface area contributed by atoms with Crippen molar-refractivity contribution in [2.24, 2.45) is 5.92 Å². The summed E-state index contributed by atoms with van der Waals surface area (Å²) < 4.78 is 6.37. The molecule has 1 aliphatic heterocycles. The van der Waals surface area contributed by atoms with Gasteiger partial charge in [0.2, 0.25) is 0 Å². The molecule has 1 aromatic carbocycles. The number of ether oxygens (including phenoxy) is 1. The monoisotopic (exact) mass is 262 g/mol. The minimum atomic E-state index is -0.0677. The van der Waals surface area contributed by atoms with E-state index in [1.165, 1.54) is 5.56 Å². The van der Waals surface area contributed by atoms with Crippen LogP contribution >= 0.6 is 0 Å². The number of benzene rings is 1. The Kier molecular flexibility index (Phi) is 3.55.